The first-order chi connectivity index (χ1) is 8.67. The number of hydrogen-bond donors (Lipinski definition) is 2. The molecule has 4 heteroatoms. The van der Waals surface area contributed by atoms with E-state index in [0.29, 0.717) is 11.3 Å². The Balaban J connectivity index is 1.73. The molecule has 1 atom stereocenters. The molecule has 0 aromatic rings. The average molecular weight is 254 g/mol. The maximum Gasteiger partial charge on any atom is 0.237 e. The van der Waals surface area contributed by atoms with Crippen molar-refractivity contribution in [2.45, 2.75) is 51.5 Å². The zero-order valence-electron chi connectivity index (χ0n) is 11.4. The van der Waals surface area contributed by atoms with Gasteiger partial charge in [0, 0.05) is 19.8 Å². The Bertz CT molecular complexity index is 284. The van der Waals surface area contributed by atoms with Crippen LogP contribution in [0.25, 0.3) is 0 Å². The zero-order valence-corrected chi connectivity index (χ0v) is 11.4. The maximum absolute atomic E-state index is 12.0. The normalized spacial score (nSPS) is 24.6. The monoisotopic (exact) mass is 254 g/mol. The van der Waals surface area contributed by atoms with Crippen molar-refractivity contribution in [1.82, 2.24) is 5.32 Å². The van der Waals surface area contributed by atoms with Crippen molar-refractivity contribution in [3.8, 4) is 0 Å². The van der Waals surface area contributed by atoms with Gasteiger partial charge in [-0.15, -0.1) is 0 Å². The second-order valence-corrected chi connectivity index (χ2v) is 5.94. The third-order valence-corrected chi connectivity index (χ3v) is 4.45. The molecule has 2 aliphatic rings. The molecular weight excluding hydrogens is 228 g/mol. The number of hydrogen-bond acceptors (Lipinski definition) is 3. The highest BCUT2D eigenvalue weighted by atomic mass is 16.5. The van der Waals surface area contributed by atoms with E-state index >= 15 is 0 Å². The standard InChI is InChI=1S/C14H26N2O2/c1-2-5-14(6-7-14)10-16-13(17)12(15)11-3-8-18-9-4-11/h11-12H,2-10,15H2,1H3,(H,16,17). The van der Waals surface area contributed by atoms with Crippen molar-refractivity contribution in [2.24, 2.45) is 17.1 Å². The molecule has 0 spiro atoms. The summed E-state index contributed by atoms with van der Waals surface area (Å²) in [7, 11) is 0. The number of carbonyl (C=O) groups is 1. The first-order valence-corrected chi connectivity index (χ1v) is 7.28. The summed E-state index contributed by atoms with van der Waals surface area (Å²) in [5.41, 5.74) is 6.45. The Morgan fingerprint density at radius 3 is 2.67 bits per heavy atom. The van der Waals surface area contributed by atoms with Crippen LogP contribution in [0.1, 0.15) is 45.4 Å². The number of ether oxygens (including phenoxy) is 1. The van der Waals surface area contributed by atoms with Gasteiger partial charge in [-0.2, -0.15) is 0 Å². The number of nitrogens with two attached hydrogens (primary N) is 1. The van der Waals surface area contributed by atoms with E-state index in [1.54, 1.807) is 0 Å². The fourth-order valence-electron chi connectivity index (χ4n) is 2.90. The summed E-state index contributed by atoms with van der Waals surface area (Å²) in [6.45, 7) is 4.50. The second kappa shape index (κ2) is 6.02. The van der Waals surface area contributed by atoms with Crippen LogP contribution in [0.2, 0.25) is 0 Å². The van der Waals surface area contributed by atoms with Gasteiger partial charge in [0.1, 0.15) is 0 Å². The molecule has 2 rings (SSSR count). The van der Waals surface area contributed by atoms with Gasteiger partial charge in [0.05, 0.1) is 6.04 Å². The first-order valence-electron chi connectivity index (χ1n) is 7.28. The molecule has 1 saturated carbocycles. The van der Waals surface area contributed by atoms with Gasteiger partial charge in [-0.3, -0.25) is 4.79 Å². The Morgan fingerprint density at radius 2 is 2.11 bits per heavy atom. The molecule has 0 aromatic carbocycles. The van der Waals surface area contributed by atoms with E-state index in [-0.39, 0.29) is 11.9 Å². The lowest BCUT2D eigenvalue weighted by Crippen LogP contribution is -2.48. The second-order valence-electron chi connectivity index (χ2n) is 5.94. The van der Waals surface area contributed by atoms with Gasteiger partial charge in [-0.25, -0.2) is 0 Å². The minimum absolute atomic E-state index is 0.0317. The van der Waals surface area contributed by atoms with Crippen molar-refractivity contribution >= 4 is 5.91 Å². The van der Waals surface area contributed by atoms with Gasteiger partial charge < -0.3 is 15.8 Å². The third kappa shape index (κ3) is 3.45. The smallest absolute Gasteiger partial charge is 0.237 e. The van der Waals surface area contributed by atoms with Gasteiger partial charge in [0.2, 0.25) is 5.91 Å². The lowest BCUT2D eigenvalue weighted by molar-refractivity contribution is -0.124. The molecule has 104 valence electrons. The van der Waals surface area contributed by atoms with Gasteiger partial charge in [0.15, 0.2) is 0 Å². The average Bonchev–Trinajstić information content (AvgIpc) is 3.17. The summed E-state index contributed by atoms with van der Waals surface area (Å²) in [6.07, 6.45) is 6.76. The van der Waals surface area contributed by atoms with Crippen molar-refractivity contribution in [1.29, 1.82) is 0 Å². The van der Waals surface area contributed by atoms with E-state index in [2.05, 4.69) is 12.2 Å². The number of amides is 1. The molecule has 3 N–H and O–H groups in total. The summed E-state index contributed by atoms with van der Waals surface area (Å²) >= 11 is 0. The predicted octanol–water partition coefficient (Wildman–Crippen LogP) is 1.44. The molecule has 2 fully saturated rings. The molecule has 1 amide bonds. The van der Waals surface area contributed by atoms with Gasteiger partial charge in [-0.1, -0.05) is 13.3 Å². The number of nitrogens with one attached hydrogen (secondary N) is 1. The van der Waals surface area contributed by atoms with Crippen molar-refractivity contribution in [3.05, 3.63) is 0 Å². The van der Waals surface area contributed by atoms with Crippen LogP contribution < -0.4 is 11.1 Å². The van der Waals surface area contributed by atoms with Crippen molar-refractivity contribution < 1.29 is 9.53 Å². The Labute approximate surface area is 110 Å². The molecule has 1 unspecified atom stereocenters. The molecular formula is C14H26N2O2. The van der Waals surface area contributed by atoms with Crippen molar-refractivity contribution in [3.63, 3.8) is 0 Å². The van der Waals surface area contributed by atoms with E-state index < -0.39 is 0 Å². The highest BCUT2D eigenvalue weighted by molar-refractivity contribution is 5.81. The summed E-state index contributed by atoms with van der Waals surface area (Å²) in [6, 6.07) is -0.355. The molecule has 1 aliphatic carbocycles. The topological polar surface area (TPSA) is 64.4 Å². The first kappa shape index (κ1) is 13.8. The van der Waals surface area contributed by atoms with Crippen LogP contribution in [-0.2, 0) is 9.53 Å². The Hall–Kier alpha value is -0.610. The number of carbonyl (C=O) groups excluding carboxylic acids is 1. The lowest BCUT2D eigenvalue weighted by Gasteiger charge is -2.27. The Kier molecular flexibility index (Phi) is 4.62. The van der Waals surface area contributed by atoms with E-state index in [4.69, 9.17) is 10.5 Å². The minimum Gasteiger partial charge on any atom is -0.381 e. The molecule has 1 heterocycles. The lowest BCUT2D eigenvalue weighted by atomic mass is 9.91. The molecule has 18 heavy (non-hydrogen) atoms. The minimum atomic E-state index is -0.355. The zero-order chi connectivity index (χ0) is 13.0. The third-order valence-electron chi connectivity index (χ3n) is 4.45. The summed E-state index contributed by atoms with van der Waals surface area (Å²) in [5.74, 6) is 0.323. The SMILES string of the molecule is CCCC1(CNC(=O)C(N)C2CCOCC2)CC1. The quantitative estimate of drug-likeness (QED) is 0.754. The van der Waals surface area contributed by atoms with Crippen LogP contribution in [0.3, 0.4) is 0 Å². The molecule has 0 aromatic heterocycles. The predicted molar refractivity (Wildman–Crippen MR) is 71.1 cm³/mol. The summed E-state index contributed by atoms with van der Waals surface area (Å²) in [4.78, 5) is 12.0. The van der Waals surface area contributed by atoms with Crippen LogP contribution in [-0.4, -0.2) is 31.7 Å². The molecule has 1 saturated heterocycles. The van der Waals surface area contributed by atoms with E-state index in [9.17, 15) is 4.79 Å². The van der Waals surface area contributed by atoms with Crippen LogP contribution in [0.5, 0.6) is 0 Å². The van der Waals surface area contributed by atoms with Gasteiger partial charge in [-0.05, 0) is 43.4 Å². The van der Waals surface area contributed by atoms with E-state index in [1.165, 1.54) is 25.7 Å². The molecule has 4 nitrogen and oxygen atoms in total. The van der Waals surface area contributed by atoms with E-state index in [0.717, 1.165) is 32.6 Å². The van der Waals surface area contributed by atoms with E-state index in [1.807, 2.05) is 0 Å². The largest absolute Gasteiger partial charge is 0.381 e. The fraction of sp³-hybridized carbons (Fsp3) is 0.929. The molecule has 1 aliphatic heterocycles. The van der Waals surface area contributed by atoms with Crippen LogP contribution in [0.15, 0.2) is 0 Å². The molecule has 0 bridgehead atoms. The highest BCUT2D eigenvalue weighted by Gasteiger charge is 2.42. The maximum atomic E-state index is 12.0. The number of rotatable bonds is 6. The van der Waals surface area contributed by atoms with Crippen LogP contribution in [0.4, 0.5) is 0 Å². The fourth-order valence-corrected chi connectivity index (χ4v) is 2.90. The highest BCUT2D eigenvalue weighted by Crippen LogP contribution is 2.48. The van der Waals surface area contributed by atoms with Gasteiger partial charge in [0.25, 0.3) is 0 Å². The van der Waals surface area contributed by atoms with Crippen LogP contribution in [0, 0.1) is 11.3 Å². The van der Waals surface area contributed by atoms with Crippen molar-refractivity contribution in [2.75, 3.05) is 19.8 Å². The van der Waals surface area contributed by atoms with Gasteiger partial charge >= 0.3 is 0 Å². The Morgan fingerprint density at radius 1 is 1.44 bits per heavy atom. The summed E-state index contributed by atoms with van der Waals surface area (Å²) < 4.78 is 5.30. The van der Waals surface area contributed by atoms with Crippen LogP contribution >= 0.6 is 0 Å². The summed E-state index contributed by atoms with van der Waals surface area (Å²) in [5, 5.41) is 3.06. The molecule has 0 radical (unpaired) electrons.